The summed E-state index contributed by atoms with van der Waals surface area (Å²) in [7, 11) is 0. The average molecular weight is 249 g/mol. The molecule has 96 valence electrons. The Bertz CT molecular complexity index is 205. The van der Waals surface area contributed by atoms with Gasteiger partial charge in [0.2, 0.25) is 5.91 Å². The van der Waals surface area contributed by atoms with Crippen molar-refractivity contribution in [2.45, 2.75) is 46.0 Å². The summed E-state index contributed by atoms with van der Waals surface area (Å²) in [5.74, 6) is 1.02. The first-order valence-corrected chi connectivity index (χ1v) is 6.17. The maximum atomic E-state index is 12.0. The number of nitrogens with two attached hydrogens (primary N) is 1. The first kappa shape index (κ1) is 15.7. The van der Waals surface area contributed by atoms with Crippen molar-refractivity contribution in [2.75, 3.05) is 13.1 Å². The second kappa shape index (κ2) is 7.13. The minimum atomic E-state index is -0.330. The van der Waals surface area contributed by atoms with Crippen molar-refractivity contribution < 1.29 is 4.79 Å². The third kappa shape index (κ3) is 3.95. The van der Waals surface area contributed by atoms with E-state index in [1.165, 1.54) is 12.8 Å². The fourth-order valence-corrected chi connectivity index (χ4v) is 1.94. The van der Waals surface area contributed by atoms with Crippen molar-refractivity contribution >= 4 is 18.3 Å². The summed E-state index contributed by atoms with van der Waals surface area (Å²) in [5, 5.41) is 3.03. The molecule has 16 heavy (non-hydrogen) atoms. The van der Waals surface area contributed by atoms with Gasteiger partial charge in [-0.2, -0.15) is 0 Å². The average Bonchev–Trinajstić information content (AvgIpc) is 3.05. The summed E-state index contributed by atoms with van der Waals surface area (Å²) < 4.78 is 0. The van der Waals surface area contributed by atoms with Crippen LogP contribution in [0.1, 0.15) is 46.0 Å². The van der Waals surface area contributed by atoms with Crippen LogP contribution in [0.3, 0.4) is 0 Å². The van der Waals surface area contributed by atoms with E-state index in [9.17, 15) is 4.79 Å². The van der Waals surface area contributed by atoms with Crippen LogP contribution in [-0.2, 0) is 4.79 Å². The lowest BCUT2D eigenvalue weighted by Crippen LogP contribution is -2.45. The van der Waals surface area contributed by atoms with Gasteiger partial charge in [0.05, 0.1) is 5.41 Å². The van der Waals surface area contributed by atoms with E-state index in [0.29, 0.717) is 6.54 Å². The molecule has 0 bridgehead atoms. The van der Waals surface area contributed by atoms with Gasteiger partial charge in [-0.1, -0.05) is 26.7 Å². The zero-order chi connectivity index (χ0) is 11.3. The van der Waals surface area contributed by atoms with E-state index in [4.69, 9.17) is 5.73 Å². The van der Waals surface area contributed by atoms with E-state index in [1.54, 1.807) is 0 Å². The van der Waals surface area contributed by atoms with Crippen LogP contribution in [-0.4, -0.2) is 19.0 Å². The molecule has 0 spiro atoms. The molecule has 1 amide bonds. The maximum absolute atomic E-state index is 12.0. The van der Waals surface area contributed by atoms with Crippen LogP contribution in [0, 0.1) is 11.3 Å². The number of carbonyl (C=O) groups is 1. The molecular formula is C12H25ClN2O. The molecule has 0 heterocycles. The molecular weight excluding hydrogens is 224 g/mol. The predicted octanol–water partition coefficient (Wildman–Crippen LogP) is 2.09. The number of carbonyl (C=O) groups excluding carboxylic acids is 1. The van der Waals surface area contributed by atoms with Crippen LogP contribution in [0.5, 0.6) is 0 Å². The lowest BCUT2D eigenvalue weighted by molar-refractivity contribution is -0.131. The van der Waals surface area contributed by atoms with Gasteiger partial charge in [-0.3, -0.25) is 4.79 Å². The normalized spacial score (nSPS) is 15.4. The smallest absolute Gasteiger partial charge is 0.227 e. The van der Waals surface area contributed by atoms with Crippen molar-refractivity contribution in [3.63, 3.8) is 0 Å². The van der Waals surface area contributed by atoms with Gasteiger partial charge in [-0.25, -0.2) is 0 Å². The Morgan fingerprint density at radius 3 is 2.31 bits per heavy atom. The summed E-state index contributed by atoms with van der Waals surface area (Å²) in [6, 6.07) is 0. The highest BCUT2D eigenvalue weighted by molar-refractivity contribution is 5.85. The van der Waals surface area contributed by atoms with Crippen LogP contribution in [0.4, 0.5) is 0 Å². The highest BCUT2D eigenvalue weighted by Gasteiger charge is 2.33. The molecule has 0 atom stereocenters. The van der Waals surface area contributed by atoms with Crippen molar-refractivity contribution in [3.8, 4) is 0 Å². The summed E-state index contributed by atoms with van der Waals surface area (Å²) in [5.41, 5.74) is 5.38. The number of rotatable bonds is 7. The highest BCUT2D eigenvalue weighted by Crippen LogP contribution is 2.32. The minimum absolute atomic E-state index is 0. The van der Waals surface area contributed by atoms with Crippen molar-refractivity contribution in [2.24, 2.45) is 17.1 Å². The van der Waals surface area contributed by atoms with Gasteiger partial charge in [0, 0.05) is 13.1 Å². The molecule has 0 saturated heterocycles. The molecule has 0 aromatic heterocycles. The first-order valence-electron chi connectivity index (χ1n) is 6.17. The van der Waals surface area contributed by atoms with E-state index in [0.717, 1.165) is 31.7 Å². The Balaban J connectivity index is 0.00000225. The summed E-state index contributed by atoms with van der Waals surface area (Å²) in [6.45, 7) is 5.36. The molecule has 1 fully saturated rings. The van der Waals surface area contributed by atoms with Gasteiger partial charge in [-0.05, 0) is 25.2 Å². The van der Waals surface area contributed by atoms with E-state index >= 15 is 0 Å². The largest absolute Gasteiger partial charge is 0.356 e. The van der Waals surface area contributed by atoms with E-state index in [-0.39, 0.29) is 23.7 Å². The van der Waals surface area contributed by atoms with E-state index in [1.807, 2.05) is 13.8 Å². The molecule has 0 aromatic carbocycles. The van der Waals surface area contributed by atoms with Gasteiger partial charge in [-0.15, -0.1) is 12.4 Å². The van der Waals surface area contributed by atoms with Crippen LogP contribution >= 0.6 is 12.4 Å². The summed E-state index contributed by atoms with van der Waals surface area (Å²) >= 11 is 0. The zero-order valence-corrected chi connectivity index (χ0v) is 11.2. The Morgan fingerprint density at radius 2 is 1.94 bits per heavy atom. The molecule has 3 nitrogen and oxygen atoms in total. The maximum Gasteiger partial charge on any atom is 0.227 e. The van der Waals surface area contributed by atoms with Gasteiger partial charge in [0.25, 0.3) is 0 Å². The van der Waals surface area contributed by atoms with Gasteiger partial charge < -0.3 is 11.1 Å². The van der Waals surface area contributed by atoms with Gasteiger partial charge >= 0.3 is 0 Å². The molecule has 1 rings (SSSR count). The fraction of sp³-hybridized carbons (Fsp3) is 0.917. The van der Waals surface area contributed by atoms with E-state index < -0.39 is 0 Å². The molecule has 0 aromatic rings. The minimum Gasteiger partial charge on any atom is -0.356 e. The van der Waals surface area contributed by atoms with Crippen LogP contribution < -0.4 is 11.1 Å². The van der Waals surface area contributed by atoms with Gasteiger partial charge in [0.15, 0.2) is 0 Å². The zero-order valence-electron chi connectivity index (χ0n) is 10.4. The summed E-state index contributed by atoms with van der Waals surface area (Å²) in [4.78, 5) is 12.0. The van der Waals surface area contributed by atoms with Crippen LogP contribution in [0.15, 0.2) is 0 Å². The Morgan fingerprint density at radius 1 is 1.38 bits per heavy atom. The Kier molecular flexibility index (Phi) is 7.00. The van der Waals surface area contributed by atoms with Crippen molar-refractivity contribution in [3.05, 3.63) is 0 Å². The third-order valence-corrected chi connectivity index (χ3v) is 3.76. The van der Waals surface area contributed by atoms with E-state index in [2.05, 4.69) is 5.32 Å². The molecule has 1 aliphatic rings. The number of nitrogens with one attached hydrogen (secondary N) is 1. The lowest BCUT2D eigenvalue weighted by atomic mass is 9.81. The molecule has 0 aliphatic heterocycles. The van der Waals surface area contributed by atoms with Crippen molar-refractivity contribution in [1.29, 1.82) is 0 Å². The molecule has 4 heteroatoms. The highest BCUT2D eigenvalue weighted by atomic mass is 35.5. The SMILES string of the molecule is CCC(CC)(CN)C(=O)NCCC1CC1.Cl. The first-order chi connectivity index (χ1) is 7.18. The number of hydrogen-bond acceptors (Lipinski definition) is 2. The number of amides is 1. The monoisotopic (exact) mass is 248 g/mol. The number of halogens is 1. The Hall–Kier alpha value is -0.280. The quantitative estimate of drug-likeness (QED) is 0.725. The fourth-order valence-electron chi connectivity index (χ4n) is 1.94. The second-order valence-corrected chi connectivity index (χ2v) is 4.68. The van der Waals surface area contributed by atoms with Crippen molar-refractivity contribution in [1.82, 2.24) is 5.32 Å². The predicted molar refractivity (Wildman–Crippen MR) is 69.7 cm³/mol. The third-order valence-electron chi connectivity index (χ3n) is 3.76. The molecule has 1 aliphatic carbocycles. The Labute approximate surface area is 105 Å². The standard InChI is InChI=1S/C12H24N2O.ClH/c1-3-12(4-2,9-13)11(15)14-8-7-10-5-6-10;/h10H,3-9,13H2,1-2H3,(H,14,15);1H. The lowest BCUT2D eigenvalue weighted by Gasteiger charge is -2.28. The van der Waals surface area contributed by atoms with Crippen LogP contribution in [0.2, 0.25) is 0 Å². The topological polar surface area (TPSA) is 55.1 Å². The summed E-state index contributed by atoms with van der Waals surface area (Å²) in [6.07, 6.45) is 5.49. The second-order valence-electron chi connectivity index (χ2n) is 4.68. The van der Waals surface area contributed by atoms with Crippen LogP contribution in [0.25, 0.3) is 0 Å². The van der Waals surface area contributed by atoms with Gasteiger partial charge in [0.1, 0.15) is 0 Å². The molecule has 1 saturated carbocycles. The number of hydrogen-bond donors (Lipinski definition) is 2. The molecule has 0 radical (unpaired) electrons. The molecule has 3 N–H and O–H groups in total. The molecule has 0 unspecified atom stereocenters.